The third-order valence-electron chi connectivity index (χ3n) is 6.16. The van der Waals surface area contributed by atoms with E-state index in [1.807, 2.05) is 56.3 Å². The third-order valence-corrected chi connectivity index (χ3v) is 6.16. The van der Waals surface area contributed by atoms with Gasteiger partial charge >= 0.3 is 0 Å². The van der Waals surface area contributed by atoms with Crippen LogP contribution in [0.15, 0.2) is 66.7 Å². The quantitative estimate of drug-likeness (QED) is 0.567. The fourth-order valence-electron chi connectivity index (χ4n) is 4.38. The molecule has 3 aromatic rings. The number of phenolic OH excluding ortho intramolecular Hbond substituents is 1. The number of aromatic hydroxyl groups is 1. The Balaban J connectivity index is 1.64. The molecule has 6 heteroatoms. The molecule has 1 aliphatic rings. The number of carbonyl (C=O) groups is 2. The molecule has 0 aromatic heterocycles. The highest BCUT2D eigenvalue weighted by Gasteiger charge is 2.31. The first-order chi connectivity index (χ1) is 15.9. The topological polar surface area (TPSA) is 72.9 Å². The molecule has 2 amide bonds. The van der Waals surface area contributed by atoms with E-state index in [0.717, 1.165) is 36.1 Å². The molecule has 0 bridgehead atoms. The minimum Gasteiger partial charge on any atom is -0.506 e. The molecular formula is C27H29N3O3. The average molecular weight is 444 g/mol. The van der Waals surface area contributed by atoms with Crippen molar-refractivity contribution in [2.45, 2.75) is 32.4 Å². The molecule has 33 heavy (non-hydrogen) atoms. The summed E-state index contributed by atoms with van der Waals surface area (Å²) in [5.74, 6) is -0.640. The average Bonchev–Trinajstić information content (AvgIpc) is 3.00. The molecule has 3 aromatic carbocycles. The van der Waals surface area contributed by atoms with Crippen LogP contribution in [0.1, 0.15) is 44.7 Å². The molecule has 0 saturated heterocycles. The molecule has 0 aliphatic carbocycles. The van der Waals surface area contributed by atoms with Crippen LogP contribution in [0.3, 0.4) is 0 Å². The van der Waals surface area contributed by atoms with Gasteiger partial charge in [-0.25, -0.2) is 0 Å². The lowest BCUT2D eigenvalue weighted by Crippen LogP contribution is -2.48. The Morgan fingerprint density at radius 1 is 1.03 bits per heavy atom. The van der Waals surface area contributed by atoms with E-state index in [1.165, 1.54) is 6.07 Å². The van der Waals surface area contributed by atoms with E-state index in [0.29, 0.717) is 11.1 Å². The number of hydrogen-bond donors (Lipinski definition) is 2. The summed E-state index contributed by atoms with van der Waals surface area (Å²) in [6.07, 6.45) is 2.66. The number of anilines is 2. The number of nitrogens with zero attached hydrogens (tertiary/aromatic N) is 2. The summed E-state index contributed by atoms with van der Waals surface area (Å²) in [5, 5.41) is 13.4. The second-order valence-electron chi connectivity index (χ2n) is 8.64. The Morgan fingerprint density at radius 3 is 2.48 bits per heavy atom. The van der Waals surface area contributed by atoms with Crippen molar-refractivity contribution in [1.29, 1.82) is 0 Å². The van der Waals surface area contributed by atoms with E-state index in [-0.39, 0.29) is 29.4 Å². The van der Waals surface area contributed by atoms with Gasteiger partial charge in [0.2, 0.25) is 0 Å². The van der Waals surface area contributed by atoms with Crippen LogP contribution < -0.4 is 10.2 Å². The van der Waals surface area contributed by atoms with Crippen LogP contribution in [-0.4, -0.2) is 42.1 Å². The number of nitrogens with one attached hydrogen (secondary N) is 1. The van der Waals surface area contributed by atoms with Gasteiger partial charge in [0, 0.05) is 16.8 Å². The van der Waals surface area contributed by atoms with Gasteiger partial charge in [-0.2, -0.15) is 0 Å². The Kier molecular flexibility index (Phi) is 6.47. The summed E-state index contributed by atoms with van der Waals surface area (Å²) >= 11 is 0. The smallest absolute Gasteiger partial charge is 0.259 e. The van der Waals surface area contributed by atoms with Crippen molar-refractivity contribution in [2.75, 3.05) is 24.3 Å². The van der Waals surface area contributed by atoms with Gasteiger partial charge in [-0.3, -0.25) is 19.4 Å². The van der Waals surface area contributed by atoms with Gasteiger partial charge in [0.15, 0.2) is 0 Å². The van der Waals surface area contributed by atoms with Crippen molar-refractivity contribution in [3.63, 3.8) is 0 Å². The van der Waals surface area contributed by atoms with Crippen molar-refractivity contribution < 1.29 is 14.7 Å². The van der Waals surface area contributed by atoms with Gasteiger partial charge < -0.3 is 10.4 Å². The van der Waals surface area contributed by atoms with Crippen LogP contribution >= 0.6 is 0 Å². The summed E-state index contributed by atoms with van der Waals surface area (Å²) in [7, 11) is 3.95. The van der Waals surface area contributed by atoms with Gasteiger partial charge in [0.25, 0.3) is 11.8 Å². The van der Waals surface area contributed by atoms with Crippen LogP contribution in [0.4, 0.5) is 11.4 Å². The van der Waals surface area contributed by atoms with Gasteiger partial charge in [-0.05, 0) is 81.7 Å². The lowest BCUT2D eigenvalue weighted by Gasteiger charge is -2.35. The molecule has 0 radical (unpaired) electrons. The number of amides is 2. The Morgan fingerprint density at radius 2 is 1.76 bits per heavy atom. The lowest BCUT2D eigenvalue weighted by atomic mass is 10.1. The molecule has 1 atom stereocenters. The lowest BCUT2D eigenvalue weighted by molar-refractivity contribution is 0.0944. The fourth-order valence-corrected chi connectivity index (χ4v) is 4.38. The second kappa shape index (κ2) is 9.46. The summed E-state index contributed by atoms with van der Waals surface area (Å²) in [6, 6.07) is 19.9. The summed E-state index contributed by atoms with van der Waals surface area (Å²) < 4.78 is 0. The minimum atomic E-state index is -0.309. The number of para-hydroxylation sites is 1. The van der Waals surface area contributed by atoms with Crippen LogP contribution in [0.5, 0.6) is 5.75 Å². The van der Waals surface area contributed by atoms with Gasteiger partial charge in [0.1, 0.15) is 5.75 Å². The molecule has 0 fully saturated rings. The molecule has 0 spiro atoms. The molecule has 4 rings (SSSR count). The number of fused-ring (bicyclic) bond motifs is 1. The van der Waals surface area contributed by atoms with E-state index < -0.39 is 0 Å². The number of aryl methyl sites for hydroxylation is 2. The molecule has 1 aliphatic heterocycles. The van der Waals surface area contributed by atoms with E-state index >= 15 is 0 Å². The molecule has 2 N–H and O–H groups in total. The zero-order valence-corrected chi connectivity index (χ0v) is 19.2. The third kappa shape index (κ3) is 4.61. The Hall–Kier alpha value is -3.64. The minimum absolute atomic E-state index is 0.0938. The Bertz CT molecular complexity index is 1190. The number of hydrogen-bond acceptors (Lipinski definition) is 4. The van der Waals surface area contributed by atoms with Crippen molar-refractivity contribution in [2.24, 2.45) is 0 Å². The van der Waals surface area contributed by atoms with Crippen LogP contribution in [0, 0.1) is 6.92 Å². The number of rotatable bonds is 4. The van der Waals surface area contributed by atoms with Crippen LogP contribution in [-0.2, 0) is 6.42 Å². The normalized spacial score (nSPS) is 15.6. The van der Waals surface area contributed by atoms with E-state index in [9.17, 15) is 14.7 Å². The zero-order valence-electron chi connectivity index (χ0n) is 19.2. The standard InChI is InChI=1S/C27H29N3O3/c1-18-9-4-6-12-21(18)26(32)28-22-16-15-20(17-24(22)31)27(33)30-23-13-7-5-10-19(23)11-8-14-25(30)29(2)3/h4-7,9-10,12-13,15-17,25,31H,8,11,14H2,1-3H3,(H,28,32). The van der Waals surface area contributed by atoms with Crippen LogP contribution in [0.25, 0.3) is 0 Å². The molecule has 6 nitrogen and oxygen atoms in total. The number of carbonyl (C=O) groups excluding carboxylic acids is 2. The van der Waals surface area contributed by atoms with Crippen molar-refractivity contribution in [3.05, 3.63) is 89.0 Å². The fraction of sp³-hybridized carbons (Fsp3) is 0.259. The van der Waals surface area contributed by atoms with E-state index in [1.54, 1.807) is 24.3 Å². The first-order valence-corrected chi connectivity index (χ1v) is 11.1. The number of phenols is 1. The molecular weight excluding hydrogens is 414 g/mol. The summed E-state index contributed by atoms with van der Waals surface area (Å²) in [4.78, 5) is 30.2. The van der Waals surface area contributed by atoms with Crippen molar-refractivity contribution >= 4 is 23.2 Å². The number of benzene rings is 3. The molecule has 0 saturated carbocycles. The summed E-state index contributed by atoms with van der Waals surface area (Å²) in [6.45, 7) is 1.86. The van der Waals surface area contributed by atoms with E-state index in [2.05, 4.69) is 16.3 Å². The van der Waals surface area contributed by atoms with Crippen molar-refractivity contribution in [1.82, 2.24) is 4.90 Å². The molecule has 1 heterocycles. The second-order valence-corrected chi connectivity index (χ2v) is 8.64. The van der Waals surface area contributed by atoms with E-state index in [4.69, 9.17) is 0 Å². The molecule has 1 unspecified atom stereocenters. The highest BCUT2D eigenvalue weighted by molar-refractivity contribution is 6.09. The zero-order chi connectivity index (χ0) is 23.5. The van der Waals surface area contributed by atoms with Gasteiger partial charge in [-0.15, -0.1) is 0 Å². The SMILES string of the molecule is Cc1ccccc1C(=O)Nc1ccc(C(=O)N2c3ccccc3CCCC2N(C)C)cc1O. The van der Waals surface area contributed by atoms with Gasteiger partial charge in [0.05, 0.1) is 11.9 Å². The first kappa shape index (κ1) is 22.6. The summed E-state index contributed by atoms with van der Waals surface area (Å²) in [5.41, 5.74) is 4.05. The largest absolute Gasteiger partial charge is 0.506 e. The maximum Gasteiger partial charge on any atom is 0.259 e. The predicted octanol–water partition coefficient (Wildman–Crippen LogP) is 4.82. The monoisotopic (exact) mass is 443 g/mol. The molecule has 170 valence electrons. The maximum atomic E-state index is 13.7. The van der Waals surface area contributed by atoms with Crippen molar-refractivity contribution in [3.8, 4) is 5.75 Å². The predicted molar refractivity (Wildman–Crippen MR) is 131 cm³/mol. The van der Waals surface area contributed by atoms with Crippen LogP contribution in [0.2, 0.25) is 0 Å². The maximum absolute atomic E-state index is 13.7. The first-order valence-electron chi connectivity index (χ1n) is 11.1. The highest BCUT2D eigenvalue weighted by Crippen LogP contribution is 2.33. The van der Waals surface area contributed by atoms with Gasteiger partial charge in [-0.1, -0.05) is 36.4 Å². The highest BCUT2D eigenvalue weighted by atomic mass is 16.3. The Labute approximate surface area is 194 Å².